The third-order valence-electron chi connectivity index (χ3n) is 3.20. The maximum absolute atomic E-state index is 11.9. The molecule has 1 atom stereocenters. The normalized spacial score (nSPS) is 11.6. The Kier molecular flexibility index (Phi) is 6.39. The van der Waals surface area contributed by atoms with Gasteiger partial charge in [0.1, 0.15) is 0 Å². The summed E-state index contributed by atoms with van der Waals surface area (Å²) < 4.78 is 1.79. The van der Waals surface area contributed by atoms with E-state index in [4.69, 9.17) is 5.73 Å². The van der Waals surface area contributed by atoms with Crippen molar-refractivity contribution >= 4 is 24.0 Å². The summed E-state index contributed by atoms with van der Waals surface area (Å²) in [6.07, 6.45) is 3.22. The Morgan fingerprint density at radius 2 is 2.05 bits per heavy atom. The molecule has 1 aromatic carbocycles. The molecule has 1 unspecified atom stereocenters. The number of carbonyl (C=O) groups excluding carboxylic acids is 1. The van der Waals surface area contributed by atoms with Crippen molar-refractivity contribution in [1.82, 2.24) is 9.78 Å². The minimum Gasteiger partial charge on any atom is -0.322 e. The van der Waals surface area contributed by atoms with Crippen LogP contribution in [0.4, 0.5) is 5.69 Å². The first-order chi connectivity index (χ1) is 9.63. The second-order valence-electron chi connectivity index (χ2n) is 4.78. The predicted molar refractivity (Wildman–Crippen MR) is 87.1 cm³/mol. The zero-order valence-corrected chi connectivity index (χ0v) is 13.1. The van der Waals surface area contributed by atoms with Crippen molar-refractivity contribution in [2.24, 2.45) is 5.73 Å². The number of amides is 1. The van der Waals surface area contributed by atoms with Crippen LogP contribution in [0.15, 0.2) is 36.5 Å². The molecule has 3 N–H and O–H groups in total. The van der Waals surface area contributed by atoms with Crippen LogP contribution in [0.3, 0.4) is 0 Å². The van der Waals surface area contributed by atoms with Crippen molar-refractivity contribution < 1.29 is 4.79 Å². The summed E-state index contributed by atoms with van der Waals surface area (Å²) in [7, 11) is 0. The molecule has 1 amide bonds. The average Bonchev–Trinajstić information content (AvgIpc) is 2.81. The number of anilines is 1. The van der Waals surface area contributed by atoms with Crippen LogP contribution in [0.25, 0.3) is 5.69 Å². The van der Waals surface area contributed by atoms with E-state index < -0.39 is 6.04 Å². The molecular formula is C15H21ClN4O. The van der Waals surface area contributed by atoms with E-state index in [9.17, 15) is 4.79 Å². The molecule has 0 bridgehead atoms. The van der Waals surface area contributed by atoms with Crippen LogP contribution in [0.2, 0.25) is 0 Å². The molecule has 0 saturated heterocycles. The first kappa shape index (κ1) is 17.2. The number of hydrogen-bond acceptors (Lipinski definition) is 3. The molecule has 2 aromatic rings. The van der Waals surface area contributed by atoms with Crippen LogP contribution < -0.4 is 11.1 Å². The Morgan fingerprint density at radius 3 is 2.67 bits per heavy atom. The Hall–Kier alpha value is -1.85. The van der Waals surface area contributed by atoms with E-state index in [1.807, 2.05) is 44.2 Å². The van der Waals surface area contributed by atoms with E-state index in [1.165, 1.54) is 0 Å². The number of nitrogens with zero attached hydrogens (tertiary/aromatic N) is 2. The van der Waals surface area contributed by atoms with Crippen LogP contribution >= 0.6 is 12.4 Å². The minimum atomic E-state index is -0.473. The zero-order valence-electron chi connectivity index (χ0n) is 12.2. The molecule has 5 nitrogen and oxygen atoms in total. The van der Waals surface area contributed by atoms with Crippen molar-refractivity contribution in [2.45, 2.75) is 32.7 Å². The third-order valence-corrected chi connectivity index (χ3v) is 3.20. The summed E-state index contributed by atoms with van der Waals surface area (Å²) in [5, 5.41) is 7.14. The van der Waals surface area contributed by atoms with Gasteiger partial charge in [-0.3, -0.25) is 4.79 Å². The monoisotopic (exact) mass is 308 g/mol. The summed E-state index contributed by atoms with van der Waals surface area (Å²) >= 11 is 0. The van der Waals surface area contributed by atoms with E-state index in [-0.39, 0.29) is 18.3 Å². The van der Waals surface area contributed by atoms with Gasteiger partial charge in [0, 0.05) is 0 Å². The number of para-hydroxylation sites is 1. The highest BCUT2D eigenvalue weighted by Crippen LogP contribution is 2.18. The highest BCUT2D eigenvalue weighted by Gasteiger charge is 2.15. The van der Waals surface area contributed by atoms with Crippen LogP contribution in [0, 0.1) is 6.92 Å². The quantitative estimate of drug-likeness (QED) is 0.892. The highest BCUT2D eigenvalue weighted by atomic mass is 35.5. The lowest BCUT2D eigenvalue weighted by molar-refractivity contribution is -0.117. The van der Waals surface area contributed by atoms with Gasteiger partial charge in [-0.15, -0.1) is 12.4 Å². The summed E-state index contributed by atoms with van der Waals surface area (Å²) in [6, 6.07) is 9.31. The number of rotatable bonds is 5. The molecule has 2 rings (SSSR count). The highest BCUT2D eigenvalue weighted by molar-refractivity contribution is 5.95. The molecule has 0 aliphatic carbocycles. The van der Waals surface area contributed by atoms with Gasteiger partial charge in [0.15, 0.2) is 0 Å². The molecule has 21 heavy (non-hydrogen) atoms. The zero-order chi connectivity index (χ0) is 14.5. The van der Waals surface area contributed by atoms with E-state index >= 15 is 0 Å². The molecule has 0 fully saturated rings. The Bertz CT molecular complexity index is 583. The lowest BCUT2D eigenvalue weighted by atomic mass is 10.1. The van der Waals surface area contributed by atoms with E-state index in [1.54, 1.807) is 10.9 Å². The fourth-order valence-corrected chi connectivity index (χ4v) is 2.03. The van der Waals surface area contributed by atoms with Crippen molar-refractivity contribution in [3.8, 4) is 5.69 Å². The molecule has 0 spiro atoms. The lowest BCUT2D eigenvalue weighted by Gasteiger charge is -2.11. The van der Waals surface area contributed by atoms with Gasteiger partial charge < -0.3 is 11.1 Å². The van der Waals surface area contributed by atoms with Crippen molar-refractivity contribution in [3.63, 3.8) is 0 Å². The fraction of sp³-hybridized carbons (Fsp3) is 0.333. The van der Waals surface area contributed by atoms with Gasteiger partial charge in [0.05, 0.1) is 29.3 Å². The smallest absolute Gasteiger partial charge is 0.241 e. The first-order valence-electron chi connectivity index (χ1n) is 6.80. The molecule has 0 aliphatic rings. The number of halogens is 1. The number of nitrogens with two attached hydrogens (primary N) is 1. The second kappa shape index (κ2) is 7.81. The van der Waals surface area contributed by atoms with Gasteiger partial charge in [-0.1, -0.05) is 31.5 Å². The Balaban J connectivity index is 0.00000220. The summed E-state index contributed by atoms with van der Waals surface area (Å²) in [5.41, 5.74) is 8.35. The Morgan fingerprint density at radius 1 is 1.38 bits per heavy atom. The molecular weight excluding hydrogens is 288 g/mol. The first-order valence-corrected chi connectivity index (χ1v) is 6.80. The molecule has 6 heteroatoms. The van der Waals surface area contributed by atoms with Crippen molar-refractivity contribution in [3.05, 3.63) is 42.2 Å². The van der Waals surface area contributed by atoms with E-state index in [0.717, 1.165) is 17.8 Å². The number of aromatic nitrogens is 2. The number of hydrogen-bond donors (Lipinski definition) is 2. The lowest BCUT2D eigenvalue weighted by Crippen LogP contribution is -2.35. The van der Waals surface area contributed by atoms with E-state index in [0.29, 0.717) is 12.1 Å². The van der Waals surface area contributed by atoms with Gasteiger partial charge in [-0.25, -0.2) is 4.68 Å². The third kappa shape index (κ3) is 4.06. The standard InChI is InChI=1S/C15H20N4O.ClH/c1-3-7-13(16)15(20)18-14-10-17-19(11(14)2)12-8-5-4-6-9-12;/h4-6,8-10,13H,3,7,16H2,1-2H3,(H,18,20);1H. The van der Waals surface area contributed by atoms with Crippen LogP contribution in [0.5, 0.6) is 0 Å². The summed E-state index contributed by atoms with van der Waals surface area (Å²) in [6.45, 7) is 3.92. The molecule has 0 aliphatic heterocycles. The predicted octanol–water partition coefficient (Wildman–Crippen LogP) is 2.67. The minimum absolute atomic E-state index is 0. The average molecular weight is 309 g/mol. The van der Waals surface area contributed by atoms with Gasteiger partial charge >= 0.3 is 0 Å². The number of carbonyl (C=O) groups is 1. The topological polar surface area (TPSA) is 72.9 Å². The SMILES string of the molecule is CCCC(N)C(=O)Nc1cnn(-c2ccccc2)c1C.Cl. The van der Waals surface area contributed by atoms with E-state index in [2.05, 4.69) is 10.4 Å². The van der Waals surface area contributed by atoms with Crippen LogP contribution in [0.1, 0.15) is 25.5 Å². The molecule has 1 aromatic heterocycles. The molecule has 0 radical (unpaired) electrons. The molecule has 114 valence electrons. The van der Waals surface area contributed by atoms with Crippen LogP contribution in [-0.2, 0) is 4.79 Å². The summed E-state index contributed by atoms with van der Waals surface area (Å²) in [4.78, 5) is 11.9. The van der Waals surface area contributed by atoms with Gasteiger partial charge in [-0.05, 0) is 25.5 Å². The van der Waals surface area contributed by atoms with Crippen LogP contribution in [-0.4, -0.2) is 21.7 Å². The van der Waals surface area contributed by atoms with Gasteiger partial charge in [-0.2, -0.15) is 5.10 Å². The Labute approximate surface area is 130 Å². The van der Waals surface area contributed by atoms with Gasteiger partial charge in [0.25, 0.3) is 0 Å². The van der Waals surface area contributed by atoms with Gasteiger partial charge in [0.2, 0.25) is 5.91 Å². The largest absolute Gasteiger partial charge is 0.322 e. The number of nitrogens with one attached hydrogen (secondary N) is 1. The van der Waals surface area contributed by atoms with Crippen molar-refractivity contribution in [1.29, 1.82) is 0 Å². The fourth-order valence-electron chi connectivity index (χ4n) is 2.03. The second-order valence-corrected chi connectivity index (χ2v) is 4.78. The maximum Gasteiger partial charge on any atom is 0.241 e. The van der Waals surface area contributed by atoms with Crippen molar-refractivity contribution in [2.75, 3.05) is 5.32 Å². The molecule has 0 saturated carbocycles. The summed E-state index contributed by atoms with van der Waals surface area (Å²) in [5.74, 6) is -0.164. The maximum atomic E-state index is 11.9. The molecule has 1 heterocycles. The number of benzene rings is 1.